The van der Waals surface area contributed by atoms with Crippen molar-refractivity contribution in [1.29, 1.82) is 0 Å². The fraction of sp³-hybridized carbons (Fsp3) is 1.00. The van der Waals surface area contributed by atoms with Gasteiger partial charge in [0, 0.05) is 31.2 Å². The summed E-state index contributed by atoms with van der Waals surface area (Å²) in [6, 6.07) is 0.786. The Kier molecular flexibility index (Phi) is 4.19. The second-order valence-electron chi connectivity index (χ2n) is 7.53. The van der Waals surface area contributed by atoms with Crippen LogP contribution in [0.15, 0.2) is 0 Å². The summed E-state index contributed by atoms with van der Waals surface area (Å²) < 4.78 is 0. The van der Waals surface area contributed by atoms with Crippen LogP contribution in [0.25, 0.3) is 0 Å². The van der Waals surface area contributed by atoms with Crippen molar-refractivity contribution in [2.75, 3.05) is 19.6 Å². The van der Waals surface area contributed by atoms with E-state index in [1.54, 1.807) is 0 Å². The Balaban J connectivity index is 1.63. The summed E-state index contributed by atoms with van der Waals surface area (Å²) in [5, 5.41) is 3.94. The second-order valence-corrected chi connectivity index (χ2v) is 7.53. The van der Waals surface area contributed by atoms with Crippen molar-refractivity contribution in [3.8, 4) is 0 Å². The van der Waals surface area contributed by atoms with Crippen LogP contribution in [0.2, 0.25) is 0 Å². The summed E-state index contributed by atoms with van der Waals surface area (Å²) >= 11 is 0. The van der Waals surface area contributed by atoms with Gasteiger partial charge < -0.3 is 5.32 Å². The van der Waals surface area contributed by atoms with E-state index in [1.807, 2.05) is 0 Å². The Morgan fingerprint density at radius 3 is 2.58 bits per heavy atom. The number of hydrogen-bond acceptors (Lipinski definition) is 2. The van der Waals surface area contributed by atoms with Gasteiger partial charge in [-0.1, -0.05) is 33.1 Å². The largest absolute Gasteiger partial charge is 0.308 e. The Labute approximate surface area is 119 Å². The van der Waals surface area contributed by atoms with E-state index >= 15 is 0 Å². The topological polar surface area (TPSA) is 15.3 Å². The van der Waals surface area contributed by atoms with E-state index in [1.165, 1.54) is 71.0 Å². The lowest BCUT2D eigenvalue weighted by atomic mass is 9.79. The lowest BCUT2D eigenvalue weighted by Gasteiger charge is -2.50. The molecule has 2 saturated carbocycles. The van der Waals surface area contributed by atoms with Crippen LogP contribution < -0.4 is 5.32 Å². The van der Waals surface area contributed by atoms with Gasteiger partial charge in [-0.15, -0.1) is 0 Å². The zero-order chi connectivity index (χ0) is 13.3. The van der Waals surface area contributed by atoms with Gasteiger partial charge in [0.05, 0.1) is 0 Å². The highest BCUT2D eigenvalue weighted by Crippen LogP contribution is 2.38. The first kappa shape index (κ1) is 13.9. The van der Waals surface area contributed by atoms with Gasteiger partial charge in [0.15, 0.2) is 0 Å². The van der Waals surface area contributed by atoms with Gasteiger partial charge in [0.2, 0.25) is 0 Å². The third kappa shape index (κ3) is 3.16. The molecule has 1 heterocycles. The third-order valence-electron chi connectivity index (χ3n) is 5.97. The van der Waals surface area contributed by atoms with Crippen molar-refractivity contribution >= 4 is 0 Å². The van der Waals surface area contributed by atoms with Crippen molar-refractivity contribution in [2.45, 2.75) is 76.8 Å². The molecule has 0 aromatic carbocycles. The maximum absolute atomic E-state index is 3.94. The van der Waals surface area contributed by atoms with Gasteiger partial charge in [-0.2, -0.15) is 0 Å². The van der Waals surface area contributed by atoms with Crippen molar-refractivity contribution in [3.63, 3.8) is 0 Å². The molecule has 110 valence electrons. The summed E-state index contributed by atoms with van der Waals surface area (Å²) in [6.07, 6.45) is 11.5. The molecule has 2 heteroatoms. The minimum atomic E-state index is 0.479. The molecule has 19 heavy (non-hydrogen) atoms. The van der Waals surface area contributed by atoms with E-state index in [9.17, 15) is 0 Å². The van der Waals surface area contributed by atoms with E-state index in [2.05, 4.69) is 24.1 Å². The van der Waals surface area contributed by atoms with E-state index in [-0.39, 0.29) is 0 Å². The van der Waals surface area contributed by atoms with Gasteiger partial charge in [0.25, 0.3) is 0 Å². The summed E-state index contributed by atoms with van der Waals surface area (Å²) in [6.45, 7) is 8.75. The standard InChI is InChI=1S/C17H32N2/c1-3-16-11-18-17(9-5-4-6-10-17)13-19(16)12-14(2)15-7-8-15/h14-16,18H,3-13H2,1-2H3. The molecule has 1 aliphatic heterocycles. The van der Waals surface area contributed by atoms with E-state index in [0.29, 0.717) is 5.54 Å². The minimum Gasteiger partial charge on any atom is -0.308 e. The highest BCUT2D eigenvalue weighted by Gasteiger charge is 2.40. The smallest absolute Gasteiger partial charge is 0.0309 e. The fourth-order valence-electron chi connectivity index (χ4n) is 4.40. The lowest BCUT2D eigenvalue weighted by Crippen LogP contribution is -2.65. The van der Waals surface area contributed by atoms with Crippen LogP contribution in [-0.2, 0) is 0 Å². The van der Waals surface area contributed by atoms with Gasteiger partial charge >= 0.3 is 0 Å². The van der Waals surface area contributed by atoms with E-state index in [4.69, 9.17) is 0 Å². The molecule has 3 fully saturated rings. The van der Waals surface area contributed by atoms with Crippen molar-refractivity contribution in [1.82, 2.24) is 10.2 Å². The van der Waals surface area contributed by atoms with Gasteiger partial charge in [-0.25, -0.2) is 0 Å². The molecule has 0 radical (unpaired) electrons. The molecule has 2 nitrogen and oxygen atoms in total. The molecule has 1 N–H and O–H groups in total. The average Bonchev–Trinajstić information content (AvgIpc) is 3.24. The molecule has 0 bridgehead atoms. The van der Waals surface area contributed by atoms with Crippen molar-refractivity contribution in [2.24, 2.45) is 11.8 Å². The number of piperazine rings is 1. The van der Waals surface area contributed by atoms with Crippen LogP contribution >= 0.6 is 0 Å². The Morgan fingerprint density at radius 1 is 1.21 bits per heavy atom. The molecule has 1 spiro atoms. The molecular formula is C17H32N2. The lowest BCUT2D eigenvalue weighted by molar-refractivity contribution is 0.0422. The molecule has 2 aliphatic carbocycles. The third-order valence-corrected chi connectivity index (χ3v) is 5.97. The fourth-order valence-corrected chi connectivity index (χ4v) is 4.40. The zero-order valence-corrected chi connectivity index (χ0v) is 13.0. The van der Waals surface area contributed by atoms with Crippen molar-refractivity contribution < 1.29 is 0 Å². The van der Waals surface area contributed by atoms with Gasteiger partial charge in [0.1, 0.15) is 0 Å². The normalized spacial score (nSPS) is 33.5. The average molecular weight is 264 g/mol. The SMILES string of the molecule is CCC1CNC2(CCCCC2)CN1CC(C)C1CC1. The summed E-state index contributed by atoms with van der Waals surface area (Å²) in [5.41, 5.74) is 0.479. The van der Waals surface area contributed by atoms with E-state index < -0.39 is 0 Å². The molecule has 0 aromatic heterocycles. The first-order valence-electron chi connectivity index (χ1n) is 8.71. The number of nitrogens with zero attached hydrogens (tertiary/aromatic N) is 1. The Hall–Kier alpha value is -0.0800. The molecule has 2 atom stereocenters. The summed E-state index contributed by atoms with van der Waals surface area (Å²) in [5.74, 6) is 1.97. The maximum atomic E-state index is 3.94. The Bertz CT molecular complexity index is 292. The van der Waals surface area contributed by atoms with Crippen molar-refractivity contribution in [3.05, 3.63) is 0 Å². The van der Waals surface area contributed by atoms with E-state index in [0.717, 1.165) is 17.9 Å². The van der Waals surface area contributed by atoms with Crippen LogP contribution in [0.1, 0.15) is 65.2 Å². The highest BCUT2D eigenvalue weighted by molar-refractivity contribution is 5.00. The van der Waals surface area contributed by atoms with Crippen LogP contribution in [-0.4, -0.2) is 36.1 Å². The molecule has 3 rings (SSSR count). The van der Waals surface area contributed by atoms with Crippen LogP contribution in [0.3, 0.4) is 0 Å². The predicted molar refractivity (Wildman–Crippen MR) is 81.4 cm³/mol. The molecule has 2 unspecified atom stereocenters. The second kappa shape index (κ2) is 5.73. The first-order chi connectivity index (χ1) is 9.22. The van der Waals surface area contributed by atoms with Crippen LogP contribution in [0.5, 0.6) is 0 Å². The minimum absolute atomic E-state index is 0.479. The molecule has 1 saturated heterocycles. The van der Waals surface area contributed by atoms with Gasteiger partial charge in [-0.05, 0) is 43.9 Å². The highest BCUT2D eigenvalue weighted by atomic mass is 15.3. The zero-order valence-electron chi connectivity index (χ0n) is 13.0. The van der Waals surface area contributed by atoms with Crippen LogP contribution in [0, 0.1) is 11.8 Å². The molecule has 0 aromatic rings. The molecule has 0 amide bonds. The van der Waals surface area contributed by atoms with Crippen LogP contribution in [0.4, 0.5) is 0 Å². The number of rotatable bonds is 4. The quantitative estimate of drug-likeness (QED) is 0.837. The molecular weight excluding hydrogens is 232 g/mol. The molecule has 3 aliphatic rings. The monoisotopic (exact) mass is 264 g/mol. The summed E-state index contributed by atoms with van der Waals surface area (Å²) in [4.78, 5) is 2.85. The number of nitrogens with one attached hydrogen (secondary N) is 1. The predicted octanol–water partition coefficient (Wildman–Crippen LogP) is 3.42. The maximum Gasteiger partial charge on any atom is 0.0309 e. The summed E-state index contributed by atoms with van der Waals surface area (Å²) in [7, 11) is 0. The van der Waals surface area contributed by atoms with Gasteiger partial charge in [-0.3, -0.25) is 4.90 Å². The first-order valence-corrected chi connectivity index (χ1v) is 8.71. The Morgan fingerprint density at radius 2 is 1.95 bits per heavy atom. The number of hydrogen-bond donors (Lipinski definition) is 1.